The van der Waals surface area contributed by atoms with Gasteiger partial charge in [-0.1, -0.05) is 11.8 Å². The van der Waals surface area contributed by atoms with Gasteiger partial charge in [-0.25, -0.2) is 21.9 Å². The van der Waals surface area contributed by atoms with Crippen molar-refractivity contribution in [1.82, 2.24) is 9.29 Å². The normalized spacial score (nSPS) is 17.9. The number of ether oxygens (including phenoxy) is 1. The van der Waals surface area contributed by atoms with E-state index in [1.54, 1.807) is 6.07 Å². The van der Waals surface area contributed by atoms with E-state index in [1.807, 2.05) is 0 Å². The Bertz CT molecular complexity index is 1310. The van der Waals surface area contributed by atoms with E-state index in [9.17, 15) is 27.1 Å². The number of aliphatic hydroxyl groups is 1. The highest BCUT2D eigenvalue weighted by atomic mass is 32.2. The van der Waals surface area contributed by atoms with Gasteiger partial charge in [-0.15, -0.1) is 0 Å². The summed E-state index contributed by atoms with van der Waals surface area (Å²) in [4.78, 5) is 12.5. The first-order chi connectivity index (χ1) is 15.3. The summed E-state index contributed by atoms with van der Waals surface area (Å²) in [5, 5.41) is 21.6. The van der Waals surface area contributed by atoms with Crippen molar-refractivity contribution in [2.75, 3.05) is 11.9 Å². The third kappa shape index (κ3) is 5.31. The molecule has 2 aromatic rings. The van der Waals surface area contributed by atoms with E-state index < -0.39 is 46.2 Å². The van der Waals surface area contributed by atoms with Gasteiger partial charge in [-0.3, -0.25) is 4.79 Å². The molecule has 3 rings (SSSR count). The topological polar surface area (TPSA) is 133 Å². The quantitative estimate of drug-likeness (QED) is 0.572. The number of nitriles is 1. The fourth-order valence-corrected chi connectivity index (χ4v) is 4.44. The molecule has 0 bridgehead atoms. The predicted octanol–water partition coefficient (Wildman–Crippen LogP) is 1.44. The van der Waals surface area contributed by atoms with Gasteiger partial charge in [0.25, 0.3) is 5.91 Å². The maximum absolute atomic E-state index is 13.6. The Morgan fingerprint density at radius 1 is 1.45 bits per heavy atom. The van der Waals surface area contributed by atoms with E-state index in [1.165, 1.54) is 31.5 Å². The molecule has 1 aromatic heterocycles. The summed E-state index contributed by atoms with van der Waals surface area (Å²) < 4.78 is 61.9. The number of aryl methyl sites for hydroxylation is 1. The van der Waals surface area contributed by atoms with Crippen LogP contribution in [0.15, 0.2) is 29.3 Å². The summed E-state index contributed by atoms with van der Waals surface area (Å²) in [6.45, 7) is 1.97. The number of rotatable bonds is 3. The highest BCUT2D eigenvalue weighted by Gasteiger charge is 2.36. The molecule has 1 aliphatic rings. The summed E-state index contributed by atoms with van der Waals surface area (Å²) in [7, 11) is -2.82. The SMILES string of the molecule is Cn1cc2c(c1C(=O)Nc1ccc(F)c(C#N)c1)OCC(C(O)C#CC(C)(C)F)NS2(=O)=O. The molecular weight excluding hydrogens is 458 g/mol. The second kappa shape index (κ2) is 8.83. The number of carbonyl (C=O) groups excluding carboxylic acids is 1. The Morgan fingerprint density at radius 2 is 2.15 bits per heavy atom. The minimum atomic E-state index is -4.24. The number of alkyl halides is 1. The Kier molecular flexibility index (Phi) is 6.47. The Hall–Kier alpha value is -3.45. The monoisotopic (exact) mass is 478 g/mol. The number of anilines is 1. The lowest BCUT2D eigenvalue weighted by molar-refractivity contribution is 0.101. The van der Waals surface area contributed by atoms with E-state index in [0.717, 1.165) is 18.3 Å². The van der Waals surface area contributed by atoms with Crippen molar-refractivity contribution in [3.05, 3.63) is 41.5 Å². The van der Waals surface area contributed by atoms with Gasteiger partial charge in [0.05, 0.1) is 11.6 Å². The van der Waals surface area contributed by atoms with E-state index in [4.69, 9.17) is 10.00 Å². The van der Waals surface area contributed by atoms with Crippen molar-refractivity contribution in [2.24, 2.45) is 7.05 Å². The van der Waals surface area contributed by atoms with Crippen molar-refractivity contribution in [1.29, 1.82) is 5.26 Å². The summed E-state index contributed by atoms with van der Waals surface area (Å²) in [6, 6.07) is 3.81. The van der Waals surface area contributed by atoms with Gasteiger partial charge in [0.1, 0.15) is 29.5 Å². The number of aliphatic hydroxyl groups excluding tert-OH is 1. The molecule has 1 amide bonds. The highest BCUT2D eigenvalue weighted by molar-refractivity contribution is 7.89. The van der Waals surface area contributed by atoms with Crippen LogP contribution in [0, 0.1) is 29.0 Å². The summed E-state index contributed by atoms with van der Waals surface area (Å²) >= 11 is 0. The average molecular weight is 478 g/mol. The smallest absolute Gasteiger partial charge is 0.276 e. The molecule has 9 nitrogen and oxygen atoms in total. The van der Waals surface area contributed by atoms with Crippen LogP contribution in [-0.2, 0) is 17.1 Å². The second-order valence-electron chi connectivity index (χ2n) is 7.77. The van der Waals surface area contributed by atoms with Gasteiger partial charge < -0.3 is 19.7 Å². The van der Waals surface area contributed by atoms with E-state index in [2.05, 4.69) is 21.9 Å². The van der Waals surface area contributed by atoms with Crippen molar-refractivity contribution in [3.8, 4) is 23.7 Å². The number of hydrogen-bond donors (Lipinski definition) is 3. The van der Waals surface area contributed by atoms with Crippen LogP contribution in [-0.4, -0.2) is 48.4 Å². The van der Waals surface area contributed by atoms with E-state index in [-0.39, 0.29) is 27.6 Å². The number of aromatic nitrogens is 1. The number of fused-ring (bicyclic) bond motifs is 1. The van der Waals surface area contributed by atoms with Crippen molar-refractivity contribution in [2.45, 2.75) is 36.6 Å². The zero-order valence-electron chi connectivity index (χ0n) is 17.8. The minimum Gasteiger partial charge on any atom is -0.488 e. The third-order valence-electron chi connectivity index (χ3n) is 4.56. The van der Waals surface area contributed by atoms with Crippen LogP contribution in [0.3, 0.4) is 0 Å². The lowest BCUT2D eigenvalue weighted by Crippen LogP contribution is -2.45. The van der Waals surface area contributed by atoms with Crippen LogP contribution in [0.25, 0.3) is 0 Å². The number of hydrogen-bond acceptors (Lipinski definition) is 6. The molecule has 2 heterocycles. The predicted molar refractivity (Wildman–Crippen MR) is 113 cm³/mol. The molecule has 0 aliphatic carbocycles. The van der Waals surface area contributed by atoms with Crippen LogP contribution in [0.2, 0.25) is 0 Å². The lowest BCUT2D eigenvalue weighted by atomic mass is 10.1. The van der Waals surface area contributed by atoms with E-state index in [0.29, 0.717) is 0 Å². The Labute approximate surface area is 189 Å². The van der Waals surface area contributed by atoms with Crippen LogP contribution < -0.4 is 14.8 Å². The fraction of sp³-hybridized carbons (Fsp3) is 0.333. The molecule has 0 spiro atoms. The number of halogens is 2. The van der Waals surface area contributed by atoms with Crippen LogP contribution >= 0.6 is 0 Å². The molecule has 174 valence electrons. The fourth-order valence-electron chi connectivity index (χ4n) is 3.02. The number of amides is 1. The molecule has 12 heteroatoms. The molecule has 2 atom stereocenters. The number of carbonyl (C=O) groups is 1. The number of sulfonamides is 1. The van der Waals surface area contributed by atoms with Gasteiger partial charge in [-0.2, -0.15) is 5.26 Å². The standard InChI is InChI=1S/C21H20F2N4O5S/c1-21(2,23)7-6-16(28)15-11-32-19-17(33(30,31)26-15)10-27(3)18(19)20(29)25-13-4-5-14(22)12(8-13)9-24/h4-5,8,10,15-16,26,28H,11H2,1-3H3,(H,25,29). The lowest BCUT2D eigenvalue weighted by Gasteiger charge is -2.18. The summed E-state index contributed by atoms with van der Waals surface area (Å²) in [5.41, 5.74) is -2.23. The second-order valence-corrected chi connectivity index (χ2v) is 9.45. The maximum atomic E-state index is 13.6. The third-order valence-corrected chi connectivity index (χ3v) is 6.05. The van der Waals surface area contributed by atoms with Gasteiger partial charge in [0.2, 0.25) is 10.0 Å². The number of nitrogens with zero attached hydrogens (tertiary/aromatic N) is 2. The molecule has 1 aliphatic heterocycles. The number of benzene rings is 1. The van der Waals surface area contributed by atoms with Gasteiger partial charge >= 0.3 is 0 Å². The number of nitrogens with one attached hydrogen (secondary N) is 2. The Morgan fingerprint density at radius 3 is 2.79 bits per heavy atom. The summed E-state index contributed by atoms with van der Waals surface area (Å²) in [5.74, 6) is 2.64. The van der Waals surface area contributed by atoms with Crippen molar-refractivity contribution < 1.29 is 31.8 Å². The van der Waals surface area contributed by atoms with Crippen LogP contribution in [0.5, 0.6) is 5.75 Å². The highest BCUT2D eigenvalue weighted by Crippen LogP contribution is 2.33. The van der Waals surface area contributed by atoms with Gasteiger partial charge in [0, 0.05) is 18.9 Å². The molecule has 1 aromatic carbocycles. The first-order valence-corrected chi connectivity index (χ1v) is 11.1. The molecular formula is C21H20F2N4O5S. The molecule has 0 saturated heterocycles. The molecule has 3 N–H and O–H groups in total. The molecule has 0 radical (unpaired) electrons. The van der Waals surface area contributed by atoms with Crippen molar-refractivity contribution >= 4 is 21.6 Å². The zero-order valence-corrected chi connectivity index (χ0v) is 18.6. The molecule has 33 heavy (non-hydrogen) atoms. The van der Waals surface area contributed by atoms with Gasteiger partial charge in [0.15, 0.2) is 17.1 Å². The first kappa shape index (κ1) is 24.2. The zero-order chi connectivity index (χ0) is 24.6. The minimum absolute atomic E-state index is 0.111. The largest absolute Gasteiger partial charge is 0.488 e. The van der Waals surface area contributed by atoms with Crippen molar-refractivity contribution in [3.63, 3.8) is 0 Å². The molecule has 0 saturated carbocycles. The summed E-state index contributed by atoms with van der Waals surface area (Å²) in [6.07, 6.45) is -0.420. The molecule has 2 unspecified atom stereocenters. The maximum Gasteiger partial charge on any atom is 0.276 e. The average Bonchev–Trinajstić information content (AvgIpc) is 3.00. The van der Waals surface area contributed by atoms with Crippen LogP contribution in [0.4, 0.5) is 14.5 Å². The van der Waals surface area contributed by atoms with Crippen LogP contribution in [0.1, 0.15) is 29.9 Å². The first-order valence-electron chi connectivity index (χ1n) is 9.57. The Balaban J connectivity index is 1.92. The van der Waals surface area contributed by atoms with Gasteiger partial charge in [-0.05, 0) is 32.0 Å². The molecule has 0 fully saturated rings. The van der Waals surface area contributed by atoms with E-state index >= 15 is 0 Å².